The lowest BCUT2D eigenvalue weighted by Crippen LogP contribution is -1.87. The minimum absolute atomic E-state index is 1.11. The highest BCUT2D eigenvalue weighted by Crippen LogP contribution is 2.21. The van der Waals surface area contributed by atoms with Crippen molar-refractivity contribution in [2.75, 3.05) is 0 Å². The standard InChI is InChI=1S/C8H12N/c1-4-8-6(2)5-9-7(8)3/h5H,4H2,1-3H3. The molecule has 0 aromatic carbocycles. The van der Waals surface area contributed by atoms with Gasteiger partial charge in [-0.15, -0.1) is 0 Å². The van der Waals surface area contributed by atoms with Crippen LogP contribution >= 0.6 is 0 Å². The lowest BCUT2D eigenvalue weighted by molar-refractivity contribution is 1.02. The number of nitrogens with zero attached hydrogens (tertiary/aromatic N) is 1. The van der Waals surface area contributed by atoms with E-state index in [2.05, 4.69) is 26.1 Å². The summed E-state index contributed by atoms with van der Waals surface area (Å²) in [6, 6.07) is 0. The molecule has 1 aliphatic heterocycles. The second-order valence-corrected chi connectivity index (χ2v) is 2.36. The van der Waals surface area contributed by atoms with Crippen molar-refractivity contribution in [3.8, 4) is 0 Å². The van der Waals surface area contributed by atoms with E-state index in [-0.39, 0.29) is 0 Å². The molecule has 0 N–H and O–H groups in total. The lowest BCUT2D eigenvalue weighted by Gasteiger charge is -1.97. The minimum Gasteiger partial charge on any atom is -0.261 e. The van der Waals surface area contributed by atoms with Crippen LogP contribution in [0, 0.1) is 0 Å². The predicted molar refractivity (Wildman–Crippen MR) is 38.9 cm³/mol. The first-order chi connectivity index (χ1) is 4.25. The highest BCUT2D eigenvalue weighted by Gasteiger charge is 2.08. The Morgan fingerprint density at radius 3 is 2.33 bits per heavy atom. The predicted octanol–water partition coefficient (Wildman–Crippen LogP) is 2.19. The molecule has 1 heteroatoms. The van der Waals surface area contributed by atoms with E-state index >= 15 is 0 Å². The maximum atomic E-state index is 4.19. The first kappa shape index (κ1) is 6.40. The molecule has 1 heterocycles. The summed E-state index contributed by atoms with van der Waals surface area (Å²) >= 11 is 0. The monoisotopic (exact) mass is 122 g/mol. The summed E-state index contributed by atoms with van der Waals surface area (Å²) < 4.78 is 0. The van der Waals surface area contributed by atoms with Crippen molar-refractivity contribution in [1.29, 1.82) is 0 Å². The molecule has 49 valence electrons. The Bertz CT molecular complexity index is 175. The van der Waals surface area contributed by atoms with Gasteiger partial charge in [-0.2, -0.15) is 0 Å². The summed E-state index contributed by atoms with van der Waals surface area (Å²) in [5.41, 5.74) is 3.93. The van der Waals surface area contributed by atoms with Crippen LogP contribution in [-0.2, 0) is 0 Å². The highest BCUT2D eigenvalue weighted by molar-refractivity contribution is 5.37. The molecule has 0 spiro atoms. The molecule has 1 radical (unpaired) electrons. The van der Waals surface area contributed by atoms with Gasteiger partial charge in [0.25, 0.3) is 0 Å². The second kappa shape index (κ2) is 2.26. The van der Waals surface area contributed by atoms with E-state index in [0.717, 1.165) is 6.42 Å². The lowest BCUT2D eigenvalue weighted by atomic mass is 10.1. The second-order valence-electron chi connectivity index (χ2n) is 2.36. The van der Waals surface area contributed by atoms with Crippen LogP contribution in [0.2, 0.25) is 0 Å². The summed E-state index contributed by atoms with van der Waals surface area (Å²) in [5, 5.41) is 4.19. The zero-order valence-corrected chi connectivity index (χ0v) is 6.23. The van der Waals surface area contributed by atoms with Crippen LogP contribution in [0.3, 0.4) is 0 Å². The largest absolute Gasteiger partial charge is 0.261 e. The van der Waals surface area contributed by atoms with Crippen molar-refractivity contribution in [3.05, 3.63) is 23.0 Å². The molecule has 0 aliphatic carbocycles. The third-order valence-electron chi connectivity index (χ3n) is 1.72. The molecular formula is C8H12N. The van der Waals surface area contributed by atoms with Gasteiger partial charge in [0.1, 0.15) is 0 Å². The third-order valence-corrected chi connectivity index (χ3v) is 1.72. The van der Waals surface area contributed by atoms with Crippen molar-refractivity contribution in [1.82, 2.24) is 5.32 Å². The van der Waals surface area contributed by atoms with E-state index in [4.69, 9.17) is 0 Å². The number of allylic oxidation sites excluding steroid dienone is 3. The fourth-order valence-electron chi connectivity index (χ4n) is 1.17. The van der Waals surface area contributed by atoms with Gasteiger partial charge in [-0.05, 0) is 31.4 Å². The molecule has 0 fully saturated rings. The average molecular weight is 122 g/mol. The molecule has 0 aromatic heterocycles. The van der Waals surface area contributed by atoms with E-state index in [0.29, 0.717) is 0 Å². The van der Waals surface area contributed by atoms with Crippen LogP contribution in [0.1, 0.15) is 27.2 Å². The highest BCUT2D eigenvalue weighted by atomic mass is 14.9. The number of rotatable bonds is 1. The summed E-state index contributed by atoms with van der Waals surface area (Å²) in [4.78, 5) is 0. The zero-order valence-electron chi connectivity index (χ0n) is 6.23. The SMILES string of the molecule is CCC1=C(C)[N]C=C1C. The topological polar surface area (TPSA) is 14.1 Å². The minimum atomic E-state index is 1.11. The van der Waals surface area contributed by atoms with Gasteiger partial charge in [-0.25, -0.2) is 0 Å². The smallest absolute Gasteiger partial charge is 0.0407 e. The van der Waals surface area contributed by atoms with Crippen LogP contribution in [0.25, 0.3) is 0 Å². The van der Waals surface area contributed by atoms with Gasteiger partial charge < -0.3 is 0 Å². The molecule has 1 nitrogen and oxygen atoms in total. The zero-order chi connectivity index (χ0) is 6.85. The Kier molecular flexibility index (Phi) is 1.60. The molecule has 0 atom stereocenters. The molecule has 0 amide bonds. The Hall–Kier alpha value is -0.720. The van der Waals surface area contributed by atoms with E-state index in [1.165, 1.54) is 16.8 Å². The van der Waals surface area contributed by atoms with Crippen molar-refractivity contribution in [2.45, 2.75) is 27.2 Å². The first-order valence-corrected chi connectivity index (χ1v) is 3.33. The maximum absolute atomic E-state index is 4.19. The molecule has 0 aromatic rings. The van der Waals surface area contributed by atoms with Crippen molar-refractivity contribution < 1.29 is 0 Å². The van der Waals surface area contributed by atoms with Crippen molar-refractivity contribution in [2.24, 2.45) is 0 Å². The van der Waals surface area contributed by atoms with Crippen LogP contribution < -0.4 is 5.32 Å². The van der Waals surface area contributed by atoms with Gasteiger partial charge >= 0.3 is 0 Å². The van der Waals surface area contributed by atoms with Crippen molar-refractivity contribution >= 4 is 0 Å². The maximum Gasteiger partial charge on any atom is 0.0407 e. The molecular weight excluding hydrogens is 110 g/mol. The molecule has 0 saturated heterocycles. The van der Waals surface area contributed by atoms with Crippen molar-refractivity contribution in [3.63, 3.8) is 0 Å². The van der Waals surface area contributed by atoms with Gasteiger partial charge in [0.2, 0.25) is 0 Å². The summed E-state index contributed by atoms with van der Waals surface area (Å²) in [7, 11) is 0. The summed E-state index contributed by atoms with van der Waals surface area (Å²) in [6.45, 7) is 6.34. The molecule has 0 unspecified atom stereocenters. The van der Waals surface area contributed by atoms with Crippen LogP contribution in [0.15, 0.2) is 23.0 Å². The van der Waals surface area contributed by atoms with Gasteiger partial charge in [-0.1, -0.05) is 6.92 Å². The van der Waals surface area contributed by atoms with Crippen LogP contribution in [-0.4, -0.2) is 0 Å². The molecule has 1 aliphatic rings. The Labute approximate surface area is 56.5 Å². The van der Waals surface area contributed by atoms with E-state index < -0.39 is 0 Å². The fraction of sp³-hybridized carbons (Fsp3) is 0.500. The quantitative estimate of drug-likeness (QED) is 0.506. The average Bonchev–Trinajstić information content (AvgIpc) is 2.12. The molecule has 0 saturated carbocycles. The summed E-state index contributed by atoms with van der Waals surface area (Å²) in [6.07, 6.45) is 3.05. The molecule has 9 heavy (non-hydrogen) atoms. The first-order valence-electron chi connectivity index (χ1n) is 3.33. The fourth-order valence-corrected chi connectivity index (χ4v) is 1.17. The third kappa shape index (κ3) is 0.995. The van der Waals surface area contributed by atoms with Gasteiger partial charge in [0.15, 0.2) is 0 Å². The van der Waals surface area contributed by atoms with Crippen LogP contribution in [0.4, 0.5) is 0 Å². The van der Waals surface area contributed by atoms with E-state index in [9.17, 15) is 0 Å². The number of hydrogen-bond donors (Lipinski definition) is 0. The van der Waals surface area contributed by atoms with E-state index in [1.807, 2.05) is 6.20 Å². The Morgan fingerprint density at radius 2 is 2.11 bits per heavy atom. The Balaban J connectivity index is 2.83. The van der Waals surface area contributed by atoms with Gasteiger partial charge in [0.05, 0.1) is 0 Å². The van der Waals surface area contributed by atoms with E-state index in [1.54, 1.807) is 0 Å². The Morgan fingerprint density at radius 1 is 1.44 bits per heavy atom. The molecule has 0 bridgehead atoms. The van der Waals surface area contributed by atoms with Gasteiger partial charge in [0, 0.05) is 11.9 Å². The number of hydrogen-bond acceptors (Lipinski definition) is 0. The van der Waals surface area contributed by atoms with Gasteiger partial charge in [-0.3, -0.25) is 5.32 Å². The normalized spacial score (nSPS) is 17.9. The summed E-state index contributed by atoms with van der Waals surface area (Å²) in [5.74, 6) is 0. The van der Waals surface area contributed by atoms with Crippen LogP contribution in [0.5, 0.6) is 0 Å². The molecule has 1 rings (SSSR count).